The van der Waals surface area contributed by atoms with Crippen LogP contribution in [0.4, 0.5) is 0 Å². The smallest absolute Gasteiger partial charge is 0.0346 e. The highest BCUT2D eigenvalue weighted by molar-refractivity contribution is 5.85. The van der Waals surface area contributed by atoms with Gasteiger partial charge in [-0.2, -0.15) is 0 Å². The predicted molar refractivity (Wildman–Crippen MR) is 59.2 cm³/mol. The van der Waals surface area contributed by atoms with E-state index in [4.69, 9.17) is 0 Å². The lowest BCUT2D eigenvalue weighted by Crippen LogP contribution is -2.12. The van der Waals surface area contributed by atoms with Gasteiger partial charge >= 0.3 is 0 Å². The Morgan fingerprint density at radius 3 is 2.93 bits per heavy atom. The minimum Gasteiger partial charge on any atom is -0.313 e. The number of hydrogen-bond acceptors (Lipinski definition) is 2. The second-order valence-electron chi connectivity index (χ2n) is 3.45. The molecule has 0 unspecified atom stereocenters. The number of fused-ring (bicyclic) bond motifs is 1. The Morgan fingerprint density at radius 2 is 2.14 bits per heavy atom. The summed E-state index contributed by atoms with van der Waals surface area (Å²) in [6.07, 6.45) is 3.75. The molecule has 72 valence electrons. The SMILES string of the molecule is CN[C@H](C)c1cccc2cnccc12. The quantitative estimate of drug-likeness (QED) is 0.779. The van der Waals surface area contributed by atoms with Gasteiger partial charge in [-0.3, -0.25) is 4.98 Å². The van der Waals surface area contributed by atoms with E-state index in [2.05, 4.69) is 41.5 Å². The maximum absolute atomic E-state index is 4.12. The molecular weight excluding hydrogens is 172 g/mol. The second kappa shape index (κ2) is 3.76. The van der Waals surface area contributed by atoms with Crippen molar-refractivity contribution >= 4 is 10.8 Å². The molecule has 0 aliphatic heterocycles. The largest absolute Gasteiger partial charge is 0.313 e. The molecule has 0 aliphatic rings. The summed E-state index contributed by atoms with van der Waals surface area (Å²) < 4.78 is 0. The Bertz CT molecular complexity index is 432. The van der Waals surface area contributed by atoms with Gasteiger partial charge in [0.05, 0.1) is 0 Å². The number of pyridine rings is 1. The van der Waals surface area contributed by atoms with Crippen LogP contribution in [0.5, 0.6) is 0 Å². The molecule has 0 saturated carbocycles. The molecule has 0 bridgehead atoms. The molecule has 2 rings (SSSR count). The molecule has 0 saturated heterocycles. The van der Waals surface area contributed by atoms with Crippen molar-refractivity contribution in [2.24, 2.45) is 0 Å². The van der Waals surface area contributed by atoms with E-state index < -0.39 is 0 Å². The van der Waals surface area contributed by atoms with Crippen LogP contribution in [-0.2, 0) is 0 Å². The van der Waals surface area contributed by atoms with Crippen molar-refractivity contribution < 1.29 is 0 Å². The third kappa shape index (κ3) is 1.49. The highest BCUT2D eigenvalue weighted by Crippen LogP contribution is 2.22. The average Bonchev–Trinajstić information content (AvgIpc) is 2.27. The van der Waals surface area contributed by atoms with E-state index in [0.29, 0.717) is 6.04 Å². The molecule has 0 amide bonds. The summed E-state index contributed by atoms with van der Waals surface area (Å²) in [5, 5.41) is 5.74. The predicted octanol–water partition coefficient (Wildman–Crippen LogP) is 2.52. The van der Waals surface area contributed by atoms with Crippen LogP contribution in [0.1, 0.15) is 18.5 Å². The first kappa shape index (κ1) is 9.16. The average molecular weight is 186 g/mol. The Hall–Kier alpha value is -1.41. The number of nitrogens with one attached hydrogen (secondary N) is 1. The fourth-order valence-electron chi connectivity index (χ4n) is 1.68. The van der Waals surface area contributed by atoms with E-state index in [0.717, 1.165) is 0 Å². The van der Waals surface area contributed by atoms with Crippen molar-refractivity contribution in [3.8, 4) is 0 Å². The first-order valence-corrected chi connectivity index (χ1v) is 4.83. The number of hydrogen-bond donors (Lipinski definition) is 1. The molecule has 1 N–H and O–H groups in total. The molecule has 14 heavy (non-hydrogen) atoms. The van der Waals surface area contributed by atoms with Crippen molar-refractivity contribution in [3.05, 3.63) is 42.2 Å². The number of nitrogens with zero attached hydrogens (tertiary/aromatic N) is 1. The number of benzene rings is 1. The molecular formula is C12H14N2. The van der Waals surface area contributed by atoms with Crippen molar-refractivity contribution in [3.63, 3.8) is 0 Å². The van der Waals surface area contributed by atoms with E-state index >= 15 is 0 Å². The molecule has 0 spiro atoms. The summed E-state index contributed by atoms with van der Waals surface area (Å²) in [6.45, 7) is 2.16. The van der Waals surface area contributed by atoms with Crippen molar-refractivity contribution in [1.82, 2.24) is 10.3 Å². The third-order valence-corrected chi connectivity index (χ3v) is 2.61. The molecule has 1 atom stereocenters. The van der Waals surface area contributed by atoms with Gasteiger partial charge < -0.3 is 5.32 Å². The molecule has 1 heterocycles. The summed E-state index contributed by atoms with van der Waals surface area (Å²) in [7, 11) is 1.98. The Kier molecular flexibility index (Phi) is 2.46. The van der Waals surface area contributed by atoms with Crippen LogP contribution in [-0.4, -0.2) is 12.0 Å². The summed E-state index contributed by atoms with van der Waals surface area (Å²) in [5.74, 6) is 0. The lowest BCUT2D eigenvalue weighted by molar-refractivity contribution is 0.657. The van der Waals surface area contributed by atoms with Crippen LogP contribution >= 0.6 is 0 Å². The maximum Gasteiger partial charge on any atom is 0.0346 e. The molecule has 2 heteroatoms. The molecule has 2 aromatic rings. The van der Waals surface area contributed by atoms with Crippen LogP contribution in [0.2, 0.25) is 0 Å². The molecule has 0 fully saturated rings. The van der Waals surface area contributed by atoms with E-state index in [1.54, 1.807) is 0 Å². The molecule has 0 aliphatic carbocycles. The van der Waals surface area contributed by atoms with Gasteiger partial charge in [-0.05, 0) is 31.0 Å². The topological polar surface area (TPSA) is 24.9 Å². The van der Waals surface area contributed by atoms with Crippen LogP contribution in [0.3, 0.4) is 0 Å². The third-order valence-electron chi connectivity index (χ3n) is 2.61. The van der Waals surface area contributed by atoms with Crippen LogP contribution in [0, 0.1) is 0 Å². The highest BCUT2D eigenvalue weighted by Gasteiger charge is 2.05. The van der Waals surface area contributed by atoms with Gasteiger partial charge in [0.2, 0.25) is 0 Å². The Morgan fingerprint density at radius 1 is 1.29 bits per heavy atom. The summed E-state index contributed by atoms with van der Waals surface area (Å²) in [5.41, 5.74) is 1.33. The summed E-state index contributed by atoms with van der Waals surface area (Å²) >= 11 is 0. The zero-order valence-electron chi connectivity index (χ0n) is 8.49. The van der Waals surface area contributed by atoms with Gasteiger partial charge in [0.25, 0.3) is 0 Å². The zero-order chi connectivity index (χ0) is 9.97. The van der Waals surface area contributed by atoms with Crippen molar-refractivity contribution in [1.29, 1.82) is 0 Å². The van der Waals surface area contributed by atoms with Gasteiger partial charge in [0.1, 0.15) is 0 Å². The fourth-order valence-corrected chi connectivity index (χ4v) is 1.68. The fraction of sp³-hybridized carbons (Fsp3) is 0.250. The van der Waals surface area contributed by atoms with E-state index in [1.807, 2.05) is 19.4 Å². The van der Waals surface area contributed by atoms with Crippen LogP contribution in [0.15, 0.2) is 36.7 Å². The lowest BCUT2D eigenvalue weighted by Gasteiger charge is -2.13. The van der Waals surface area contributed by atoms with Gasteiger partial charge in [-0.1, -0.05) is 18.2 Å². The van der Waals surface area contributed by atoms with E-state index in [9.17, 15) is 0 Å². The van der Waals surface area contributed by atoms with Gasteiger partial charge in [-0.25, -0.2) is 0 Å². The number of aromatic nitrogens is 1. The first-order valence-electron chi connectivity index (χ1n) is 4.83. The molecule has 1 aromatic carbocycles. The minimum absolute atomic E-state index is 0.376. The number of rotatable bonds is 2. The molecule has 2 nitrogen and oxygen atoms in total. The van der Waals surface area contributed by atoms with Gasteiger partial charge in [0.15, 0.2) is 0 Å². The first-order chi connectivity index (χ1) is 6.83. The second-order valence-corrected chi connectivity index (χ2v) is 3.45. The van der Waals surface area contributed by atoms with Crippen molar-refractivity contribution in [2.75, 3.05) is 7.05 Å². The normalized spacial score (nSPS) is 13.0. The maximum atomic E-state index is 4.12. The lowest BCUT2D eigenvalue weighted by atomic mass is 10.0. The Balaban J connectivity index is 2.65. The molecule has 0 radical (unpaired) electrons. The summed E-state index contributed by atoms with van der Waals surface area (Å²) in [4.78, 5) is 4.12. The zero-order valence-corrected chi connectivity index (χ0v) is 8.49. The Labute approximate surface area is 84.0 Å². The van der Waals surface area contributed by atoms with Crippen molar-refractivity contribution in [2.45, 2.75) is 13.0 Å². The van der Waals surface area contributed by atoms with Gasteiger partial charge in [-0.15, -0.1) is 0 Å². The highest BCUT2D eigenvalue weighted by atomic mass is 14.9. The monoisotopic (exact) mass is 186 g/mol. The van der Waals surface area contributed by atoms with E-state index in [1.165, 1.54) is 16.3 Å². The minimum atomic E-state index is 0.376. The molecule has 1 aromatic heterocycles. The van der Waals surface area contributed by atoms with Crippen LogP contribution in [0.25, 0.3) is 10.8 Å². The standard InChI is InChI=1S/C12H14N2/c1-9(13-2)11-5-3-4-10-8-14-7-6-12(10)11/h3-9,13H,1-2H3/t9-/m1/s1. The van der Waals surface area contributed by atoms with Gasteiger partial charge in [0, 0.05) is 23.8 Å². The van der Waals surface area contributed by atoms with E-state index in [-0.39, 0.29) is 0 Å². The summed E-state index contributed by atoms with van der Waals surface area (Å²) in [6, 6.07) is 8.77. The van der Waals surface area contributed by atoms with Crippen LogP contribution < -0.4 is 5.32 Å².